The number of H-pyrrole nitrogens is 1. The molecule has 0 aromatic carbocycles. The molecular weight excluding hydrogens is 354 g/mol. The molecule has 1 atom stereocenters. The van der Waals surface area contributed by atoms with Crippen molar-refractivity contribution in [2.45, 2.75) is 12.6 Å². The lowest BCUT2D eigenvalue weighted by Crippen LogP contribution is -2.39. The average molecular weight is 368 g/mol. The Morgan fingerprint density at radius 1 is 1.43 bits per heavy atom. The molecule has 4 heterocycles. The maximum absolute atomic E-state index is 6.01. The predicted octanol–water partition coefficient (Wildman–Crippen LogP) is 3.22. The SMILES string of the molecule is Clc1ccc(-c2cnc([C@@H]3COCCN3Cc3csnn3)[nH]2)s1. The smallest absolute Gasteiger partial charge is 0.126 e. The second kappa shape index (κ2) is 6.66. The van der Waals surface area contributed by atoms with Crippen molar-refractivity contribution in [3.05, 3.63) is 39.6 Å². The van der Waals surface area contributed by atoms with Crippen LogP contribution >= 0.6 is 34.5 Å². The van der Waals surface area contributed by atoms with E-state index in [0.29, 0.717) is 6.61 Å². The molecule has 1 aliphatic rings. The van der Waals surface area contributed by atoms with Crippen molar-refractivity contribution in [2.75, 3.05) is 19.8 Å². The standard InChI is InChI=1S/C14H14ClN5OS2/c15-13-2-1-12(23-13)10-5-16-14(17-10)11-7-21-4-3-20(11)6-9-8-22-19-18-9/h1-2,5,8,11H,3-4,6-7H2,(H,16,17)/t11-/m0/s1. The van der Waals surface area contributed by atoms with Crippen molar-refractivity contribution in [1.82, 2.24) is 24.5 Å². The molecule has 0 spiro atoms. The first-order chi connectivity index (χ1) is 11.3. The van der Waals surface area contributed by atoms with Crippen molar-refractivity contribution >= 4 is 34.5 Å². The van der Waals surface area contributed by atoms with Crippen molar-refractivity contribution in [3.63, 3.8) is 0 Å². The topological polar surface area (TPSA) is 66.9 Å². The molecule has 3 aromatic rings. The van der Waals surface area contributed by atoms with Crippen LogP contribution in [0.5, 0.6) is 0 Å². The number of imidazole rings is 1. The van der Waals surface area contributed by atoms with Crippen LogP contribution in [0.15, 0.2) is 23.7 Å². The first kappa shape index (κ1) is 15.2. The van der Waals surface area contributed by atoms with Gasteiger partial charge in [0, 0.05) is 18.5 Å². The van der Waals surface area contributed by atoms with Gasteiger partial charge < -0.3 is 9.72 Å². The number of halogens is 1. The van der Waals surface area contributed by atoms with E-state index in [1.54, 1.807) is 0 Å². The minimum Gasteiger partial charge on any atom is -0.378 e. The second-order valence-electron chi connectivity index (χ2n) is 5.24. The number of aromatic nitrogens is 4. The molecule has 0 bridgehead atoms. The Morgan fingerprint density at radius 2 is 2.39 bits per heavy atom. The Labute approximate surface area is 146 Å². The molecule has 3 aromatic heterocycles. The third-order valence-corrected chi connectivity index (χ3v) is 5.58. The van der Waals surface area contributed by atoms with Crippen molar-refractivity contribution in [3.8, 4) is 10.6 Å². The van der Waals surface area contributed by atoms with Gasteiger partial charge in [-0.05, 0) is 23.7 Å². The summed E-state index contributed by atoms with van der Waals surface area (Å²) in [6, 6.07) is 3.99. The molecule has 1 fully saturated rings. The van der Waals surface area contributed by atoms with E-state index in [2.05, 4.69) is 24.5 Å². The number of nitrogens with one attached hydrogen (secondary N) is 1. The van der Waals surface area contributed by atoms with E-state index < -0.39 is 0 Å². The maximum Gasteiger partial charge on any atom is 0.126 e. The summed E-state index contributed by atoms with van der Waals surface area (Å²) in [5, 5.41) is 6.12. The van der Waals surface area contributed by atoms with Gasteiger partial charge in [0.15, 0.2) is 0 Å². The molecule has 1 saturated heterocycles. The summed E-state index contributed by atoms with van der Waals surface area (Å²) in [5.41, 5.74) is 1.97. The minimum atomic E-state index is 0.0923. The van der Waals surface area contributed by atoms with E-state index in [9.17, 15) is 0 Å². The maximum atomic E-state index is 6.01. The molecule has 0 saturated carbocycles. The first-order valence-corrected chi connectivity index (χ1v) is 9.21. The zero-order valence-electron chi connectivity index (χ0n) is 12.1. The van der Waals surface area contributed by atoms with Crippen LogP contribution in [0.2, 0.25) is 4.34 Å². The monoisotopic (exact) mass is 367 g/mol. The van der Waals surface area contributed by atoms with E-state index in [-0.39, 0.29) is 6.04 Å². The van der Waals surface area contributed by atoms with Gasteiger partial charge in [-0.1, -0.05) is 16.1 Å². The van der Waals surface area contributed by atoms with Gasteiger partial charge >= 0.3 is 0 Å². The highest BCUT2D eigenvalue weighted by atomic mass is 35.5. The third kappa shape index (κ3) is 3.31. The summed E-state index contributed by atoms with van der Waals surface area (Å²) < 4.78 is 10.4. The van der Waals surface area contributed by atoms with Gasteiger partial charge in [0.2, 0.25) is 0 Å². The zero-order valence-corrected chi connectivity index (χ0v) is 14.5. The fourth-order valence-electron chi connectivity index (χ4n) is 2.63. The Balaban J connectivity index is 1.56. The van der Waals surface area contributed by atoms with E-state index in [1.807, 2.05) is 23.7 Å². The van der Waals surface area contributed by atoms with Crippen molar-refractivity contribution in [1.29, 1.82) is 0 Å². The summed E-state index contributed by atoms with van der Waals surface area (Å²) in [5.74, 6) is 0.910. The highest BCUT2D eigenvalue weighted by molar-refractivity contribution is 7.19. The molecule has 6 nitrogen and oxygen atoms in total. The molecule has 0 amide bonds. The molecule has 0 radical (unpaired) electrons. The molecule has 4 rings (SSSR count). The van der Waals surface area contributed by atoms with E-state index >= 15 is 0 Å². The van der Waals surface area contributed by atoms with Gasteiger partial charge in [-0.15, -0.1) is 16.4 Å². The van der Waals surface area contributed by atoms with Crippen LogP contribution in [0.25, 0.3) is 10.6 Å². The number of hydrogen-bond donors (Lipinski definition) is 1. The molecule has 0 unspecified atom stereocenters. The molecular formula is C14H14ClN5OS2. The van der Waals surface area contributed by atoms with Crippen LogP contribution in [0.4, 0.5) is 0 Å². The molecule has 0 aliphatic carbocycles. The van der Waals surface area contributed by atoms with Gasteiger partial charge in [-0.3, -0.25) is 4.90 Å². The average Bonchev–Trinajstić information content (AvgIpc) is 3.28. The predicted molar refractivity (Wildman–Crippen MR) is 90.8 cm³/mol. The Morgan fingerprint density at radius 3 is 3.17 bits per heavy atom. The van der Waals surface area contributed by atoms with Crippen molar-refractivity contribution in [2.24, 2.45) is 0 Å². The zero-order chi connectivity index (χ0) is 15.6. The van der Waals surface area contributed by atoms with E-state index in [1.165, 1.54) is 22.9 Å². The van der Waals surface area contributed by atoms with E-state index in [0.717, 1.165) is 46.1 Å². The van der Waals surface area contributed by atoms with Gasteiger partial charge in [-0.25, -0.2) is 4.98 Å². The van der Waals surface area contributed by atoms with Crippen LogP contribution in [0, 0.1) is 0 Å². The van der Waals surface area contributed by atoms with Crippen LogP contribution < -0.4 is 0 Å². The second-order valence-corrected chi connectivity index (χ2v) is 7.57. The van der Waals surface area contributed by atoms with Crippen LogP contribution in [-0.4, -0.2) is 44.2 Å². The Kier molecular flexibility index (Phi) is 4.41. The normalized spacial score (nSPS) is 19.3. The number of thiophene rings is 1. The summed E-state index contributed by atoms with van der Waals surface area (Å²) in [6.07, 6.45) is 1.86. The fraction of sp³-hybridized carbons (Fsp3) is 0.357. The Bertz CT molecular complexity index is 772. The lowest BCUT2D eigenvalue weighted by molar-refractivity contribution is -0.0161. The fourth-order valence-corrected chi connectivity index (χ4v) is 4.08. The highest BCUT2D eigenvalue weighted by Crippen LogP contribution is 2.31. The van der Waals surface area contributed by atoms with Crippen LogP contribution in [-0.2, 0) is 11.3 Å². The molecule has 23 heavy (non-hydrogen) atoms. The van der Waals surface area contributed by atoms with Gasteiger partial charge in [0.1, 0.15) is 5.82 Å². The highest BCUT2D eigenvalue weighted by Gasteiger charge is 2.27. The lowest BCUT2D eigenvalue weighted by Gasteiger charge is -2.33. The number of rotatable bonds is 4. The largest absolute Gasteiger partial charge is 0.378 e. The number of aromatic amines is 1. The summed E-state index contributed by atoms with van der Waals surface area (Å²) in [7, 11) is 0. The van der Waals surface area contributed by atoms with Gasteiger partial charge in [-0.2, -0.15) is 0 Å². The van der Waals surface area contributed by atoms with Gasteiger partial charge in [0.05, 0.1) is 46.1 Å². The summed E-state index contributed by atoms with van der Waals surface area (Å²) in [4.78, 5) is 11.4. The third-order valence-electron chi connectivity index (χ3n) is 3.76. The number of nitrogens with zero attached hydrogens (tertiary/aromatic N) is 4. The number of morpholine rings is 1. The quantitative estimate of drug-likeness (QED) is 0.766. The first-order valence-electron chi connectivity index (χ1n) is 7.18. The Hall–Kier alpha value is -1.32. The number of hydrogen-bond acceptors (Lipinski definition) is 7. The minimum absolute atomic E-state index is 0.0923. The van der Waals surface area contributed by atoms with Crippen LogP contribution in [0.3, 0.4) is 0 Å². The van der Waals surface area contributed by atoms with Crippen LogP contribution in [0.1, 0.15) is 17.6 Å². The summed E-state index contributed by atoms with van der Waals surface area (Å²) >= 11 is 8.93. The van der Waals surface area contributed by atoms with Crippen molar-refractivity contribution < 1.29 is 4.74 Å². The number of ether oxygens (including phenoxy) is 1. The van der Waals surface area contributed by atoms with Gasteiger partial charge in [0.25, 0.3) is 0 Å². The lowest BCUT2D eigenvalue weighted by atomic mass is 10.2. The summed E-state index contributed by atoms with van der Waals surface area (Å²) in [6.45, 7) is 2.95. The molecule has 9 heteroatoms. The molecule has 1 N–H and O–H groups in total. The van der Waals surface area contributed by atoms with E-state index in [4.69, 9.17) is 16.3 Å². The molecule has 1 aliphatic heterocycles. The molecule has 120 valence electrons.